The molecule has 12 heavy (non-hydrogen) atoms. The fraction of sp³-hybridized carbons (Fsp3) is 0.455. The fourth-order valence-electron chi connectivity index (χ4n) is 1.27. The van der Waals surface area contributed by atoms with Gasteiger partial charge in [-0.25, -0.2) is 0 Å². The first-order valence-electron chi connectivity index (χ1n) is 4.66. The molecule has 1 nitrogen and oxygen atoms in total. The van der Waals surface area contributed by atoms with Gasteiger partial charge in [0.1, 0.15) is 0 Å². The Bertz CT molecular complexity index is 209. The quantitative estimate of drug-likeness (QED) is 0.506. The van der Waals surface area contributed by atoms with Gasteiger partial charge in [-0.3, -0.25) is 0 Å². The second-order valence-corrected chi connectivity index (χ2v) is 3.03. The van der Waals surface area contributed by atoms with E-state index in [0.717, 1.165) is 0 Å². The highest BCUT2D eigenvalue weighted by Gasteiger charge is 1.91. The summed E-state index contributed by atoms with van der Waals surface area (Å²) in [5, 5.41) is 0. The van der Waals surface area contributed by atoms with Crippen molar-refractivity contribution in [2.75, 3.05) is 0 Å². The van der Waals surface area contributed by atoms with E-state index in [1.807, 2.05) is 6.20 Å². The Kier molecular flexibility index (Phi) is 4.28. The second-order valence-electron chi connectivity index (χ2n) is 3.03. The molecule has 1 rings (SSSR count). The number of aryl methyl sites for hydroxylation is 1. The van der Waals surface area contributed by atoms with Crippen LogP contribution in [0, 0.1) is 0 Å². The lowest BCUT2D eigenvalue weighted by molar-refractivity contribution is 0.748. The van der Waals surface area contributed by atoms with Crippen LogP contribution in [0.2, 0.25) is 0 Å². The van der Waals surface area contributed by atoms with Crippen LogP contribution < -0.4 is 0 Å². The van der Waals surface area contributed by atoms with Gasteiger partial charge in [0.2, 0.25) is 0 Å². The summed E-state index contributed by atoms with van der Waals surface area (Å²) in [4.78, 5) is 3.07. The van der Waals surface area contributed by atoms with E-state index in [4.69, 9.17) is 0 Å². The number of unbranched alkanes of at least 4 members (excludes halogenated alkanes) is 2. The number of aromatic amines is 1. The Balaban J connectivity index is 2.03. The van der Waals surface area contributed by atoms with Gasteiger partial charge in [0.05, 0.1) is 0 Å². The molecule has 0 aliphatic rings. The molecule has 1 heterocycles. The van der Waals surface area contributed by atoms with E-state index in [1.54, 1.807) is 0 Å². The van der Waals surface area contributed by atoms with Crippen LogP contribution >= 0.6 is 0 Å². The van der Waals surface area contributed by atoms with Gasteiger partial charge in [-0.05, 0) is 44.2 Å². The summed E-state index contributed by atoms with van der Waals surface area (Å²) in [6.45, 7) is 2.08. The van der Waals surface area contributed by atoms with E-state index in [-0.39, 0.29) is 0 Å². The number of hydrogen-bond donors (Lipinski definition) is 1. The van der Waals surface area contributed by atoms with E-state index < -0.39 is 0 Å². The molecule has 0 aliphatic carbocycles. The predicted octanol–water partition coefficient (Wildman–Crippen LogP) is 3.30. The molecule has 0 fully saturated rings. The van der Waals surface area contributed by atoms with Crippen LogP contribution in [-0.2, 0) is 6.42 Å². The molecule has 0 unspecified atom stereocenters. The molecule has 66 valence electrons. The third-order valence-electron chi connectivity index (χ3n) is 1.98. The van der Waals surface area contributed by atoms with Crippen LogP contribution in [0.25, 0.3) is 0 Å². The van der Waals surface area contributed by atoms with Crippen molar-refractivity contribution in [2.45, 2.75) is 32.6 Å². The Hall–Kier alpha value is -0.980. The SMILES string of the molecule is CC=CCCCCc1cc[nH]c1. The first-order valence-corrected chi connectivity index (χ1v) is 4.66. The Morgan fingerprint density at radius 3 is 3.00 bits per heavy atom. The van der Waals surface area contributed by atoms with Gasteiger partial charge in [0.15, 0.2) is 0 Å². The molecule has 1 aromatic rings. The first-order chi connectivity index (χ1) is 5.93. The van der Waals surface area contributed by atoms with Crippen molar-refractivity contribution in [3.8, 4) is 0 Å². The summed E-state index contributed by atoms with van der Waals surface area (Å²) in [7, 11) is 0. The normalized spacial score (nSPS) is 11.1. The molecule has 0 aromatic carbocycles. The lowest BCUT2D eigenvalue weighted by atomic mass is 10.1. The lowest BCUT2D eigenvalue weighted by Gasteiger charge is -1.95. The van der Waals surface area contributed by atoms with E-state index in [9.17, 15) is 0 Å². The van der Waals surface area contributed by atoms with Gasteiger partial charge in [0.25, 0.3) is 0 Å². The van der Waals surface area contributed by atoms with Crippen LogP contribution in [0.4, 0.5) is 0 Å². The number of nitrogens with one attached hydrogen (secondary N) is 1. The van der Waals surface area contributed by atoms with E-state index in [1.165, 1.54) is 31.2 Å². The van der Waals surface area contributed by atoms with Gasteiger partial charge in [0, 0.05) is 12.4 Å². The Morgan fingerprint density at radius 2 is 2.33 bits per heavy atom. The zero-order valence-electron chi connectivity index (χ0n) is 7.72. The molecule has 1 aromatic heterocycles. The topological polar surface area (TPSA) is 15.8 Å². The highest BCUT2D eigenvalue weighted by Crippen LogP contribution is 2.05. The minimum atomic E-state index is 1.21. The predicted molar refractivity (Wildman–Crippen MR) is 53.2 cm³/mol. The summed E-state index contributed by atoms with van der Waals surface area (Å²) in [6, 6.07) is 2.15. The zero-order chi connectivity index (χ0) is 8.65. The van der Waals surface area contributed by atoms with Crippen molar-refractivity contribution in [1.29, 1.82) is 0 Å². The van der Waals surface area contributed by atoms with Crippen molar-refractivity contribution in [3.63, 3.8) is 0 Å². The standard InChI is InChI=1S/C11H17N/c1-2-3-4-5-6-7-11-8-9-12-10-11/h2-3,8-10,12H,4-7H2,1H3. The third kappa shape index (κ3) is 3.42. The van der Waals surface area contributed by atoms with Gasteiger partial charge in [-0.2, -0.15) is 0 Å². The largest absolute Gasteiger partial charge is 0.367 e. The summed E-state index contributed by atoms with van der Waals surface area (Å²) in [5.74, 6) is 0. The summed E-state index contributed by atoms with van der Waals surface area (Å²) >= 11 is 0. The van der Waals surface area contributed by atoms with Gasteiger partial charge < -0.3 is 4.98 Å². The van der Waals surface area contributed by atoms with Gasteiger partial charge in [-0.15, -0.1) is 0 Å². The zero-order valence-corrected chi connectivity index (χ0v) is 7.72. The smallest absolute Gasteiger partial charge is 0.00373 e. The third-order valence-corrected chi connectivity index (χ3v) is 1.98. The van der Waals surface area contributed by atoms with Gasteiger partial charge in [-0.1, -0.05) is 12.2 Å². The van der Waals surface area contributed by atoms with Crippen LogP contribution in [-0.4, -0.2) is 4.98 Å². The molecule has 0 bridgehead atoms. The molecular weight excluding hydrogens is 146 g/mol. The average Bonchev–Trinajstić information content (AvgIpc) is 2.57. The minimum absolute atomic E-state index is 1.21. The maximum atomic E-state index is 3.07. The molecule has 0 aliphatic heterocycles. The summed E-state index contributed by atoms with van der Waals surface area (Å²) in [5.41, 5.74) is 1.43. The van der Waals surface area contributed by atoms with Crippen molar-refractivity contribution >= 4 is 0 Å². The van der Waals surface area contributed by atoms with Crippen molar-refractivity contribution in [3.05, 3.63) is 36.2 Å². The van der Waals surface area contributed by atoms with Crippen LogP contribution in [0.15, 0.2) is 30.6 Å². The Labute approximate surface area is 74.5 Å². The molecule has 1 heteroatoms. The van der Waals surface area contributed by atoms with Crippen molar-refractivity contribution in [2.24, 2.45) is 0 Å². The maximum absolute atomic E-state index is 3.07. The van der Waals surface area contributed by atoms with E-state index >= 15 is 0 Å². The first kappa shape index (κ1) is 9.11. The highest BCUT2D eigenvalue weighted by molar-refractivity contribution is 5.07. The van der Waals surface area contributed by atoms with E-state index in [0.29, 0.717) is 0 Å². The molecular formula is C11H17N. The molecule has 0 radical (unpaired) electrons. The lowest BCUT2D eigenvalue weighted by Crippen LogP contribution is -1.81. The van der Waals surface area contributed by atoms with Crippen LogP contribution in [0.5, 0.6) is 0 Å². The van der Waals surface area contributed by atoms with Crippen molar-refractivity contribution < 1.29 is 0 Å². The molecule has 0 amide bonds. The number of H-pyrrole nitrogens is 1. The average molecular weight is 163 g/mol. The van der Waals surface area contributed by atoms with Gasteiger partial charge >= 0.3 is 0 Å². The second kappa shape index (κ2) is 5.64. The summed E-state index contributed by atoms with van der Waals surface area (Å²) in [6.07, 6.45) is 13.4. The molecule has 0 saturated heterocycles. The minimum Gasteiger partial charge on any atom is -0.367 e. The molecule has 0 saturated carbocycles. The number of hydrogen-bond acceptors (Lipinski definition) is 0. The number of allylic oxidation sites excluding steroid dienone is 2. The maximum Gasteiger partial charge on any atom is 0.00373 e. The number of aromatic nitrogens is 1. The van der Waals surface area contributed by atoms with Crippen molar-refractivity contribution in [1.82, 2.24) is 4.98 Å². The summed E-state index contributed by atoms with van der Waals surface area (Å²) < 4.78 is 0. The van der Waals surface area contributed by atoms with Crippen LogP contribution in [0.3, 0.4) is 0 Å². The number of rotatable bonds is 5. The monoisotopic (exact) mass is 163 g/mol. The van der Waals surface area contributed by atoms with E-state index in [2.05, 4.69) is 36.3 Å². The molecule has 0 atom stereocenters. The Morgan fingerprint density at radius 1 is 1.42 bits per heavy atom. The highest BCUT2D eigenvalue weighted by atomic mass is 14.6. The molecule has 1 N–H and O–H groups in total. The fourth-order valence-corrected chi connectivity index (χ4v) is 1.27. The van der Waals surface area contributed by atoms with Crippen LogP contribution in [0.1, 0.15) is 31.7 Å². The molecule has 0 spiro atoms.